The van der Waals surface area contributed by atoms with Crippen LogP contribution in [0.15, 0.2) is 27.1 Å². The maximum atomic E-state index is 5.52. The summed E-state index contributed by atoms with van der Waals surface area (Å²) >= 11 is 3.44. The number of hydrogen-bond donors (Lipinski definition) is 1. The van der Waals surface area contributed by atoms with Crippen LogP contribution in [0.25, 0.3) is 11.3 Å². The third kappa shape index (κ3) is 1.90. The third-order valence-corrected chi connectivity index (χ3v) is 2.76. The highest BCUT2D eigenvalue weighted by molar-refractivity contribution is 9.10. The number of nitrogens with two attached hydrogens (primary N) is 1. The average Bonchev–Trinajstić information content (AvgIpc) is 2.50. The molecule has 0 bridgehead atoms. The summed E-state index contributed by atoms with van der Waals surface area (Å²) in [6.45, 7) is 3.89. The Bertz CT molecular complexity index is 505. The Morgan fingerprint density at radius 2 is 2.07 bits per heavy atom. The van der Waals surface area contributed by atoms with Crippen molar-refractivity contribution in [1.82, 2.24) is 4.98 Å². The van der Waals surface area contributed by atoms with Crippen molar-refractivity contribution in [3.8, 4) is 11.3 Å². The highest BCUT2D eigenvalue weighted by Crippen LogP contribution is 2.29. The predicted molar refractivity (Wildman–Crippen MR) is 63.5 cm³/mol. The standard InChI is InChI=1S/C11H11BrN2O/c1-6-3-4-8(12)5-9(6)10-7(2)15-11(13)14-10/h3-5H,1-2H3,(H2,13,14). The van der Waals surface area contributed by atoms with Gasteiger partial charge in [-0.15, -0.1) is 0 Å². The molecule has 15 heavy (non-hydrogen) atoms. The van der Waals surface area contributed by atoms with E-state index in [4.69, 9.17) is 10.2 Å². The van der Waals surface area contributed by atoms with Crippen LogP contribution in [0.2, 0.25) is 0 Å². The zero-order chi connectivity index (χ0) is 11.0. The van der Waals surface area contributed by atoms with Gasteiger partial charge in [-0.3, -0.25) is 0 Å². The number of nitrogens with zero attached hydrogens (tertiary/aromatic N) is 1. The topological polar surface area (TPSA) is 52.0 Å². The SMILES string of the molecule is Cc1ccc(Br)cc1-c1nc(N)oc1C. The first-order chi connectivity index (χ1) is 7.08. The molecule has 0 saturated heterocycles. The predicted octanol–water partition coefficient (Wildman–Crippen LogP) is 3.30. The van der Waals surface area contributed by atoms with Gasteiger partial charge in [0.25, 0.3) is 6.01 Å². The van der Waals surface area contributed by atoms with E-state index in [0.717, 1.165) is 27.1 Å². The Hall–Kier alpha value is -1.29. The van der Waals surface area contributed by atoms with Gasteiger partial charge < -0.3 is 10.2 Å². The van der Waals surface area contributed by atoms with Crippen molar-refractivity contribution in [3.05, 3.63) is 34.0 Å². The molecule has 0 saturated carbocycles. The van der Waals surface area contributed by atoms with E-state index in [-0.39, 0.29) is 6.01 Å². The van der Waals surface area contributed by atoms with Crippen LogP contribution in [-0.2, 0) is 0 Å². The van der Waals surface area contributed by atoms with Crippen LogP contribution in [0.1, 0.15) is 11.3 Å². The molecule has 3 nitrogen and oxygen atoms in total. The highest BCUT2D eigenvalue weighted by atomic mass is 79.9. The van der Waals surface area contributed by atoms with E-state index >= 15 is 0 Å². The Morgan fingerprint density at radius 1 is 1.33 bits per heavy atom. The van der Waals surface area contributed by atoms with E-state index in [2.05, 4.69) is 20.9 Å². The lowest BCUT2D eigenvalue weighted by molar-refractivity contribution is 0.549. The lowest BCUT2D eigenvalue weighted by atomic mass is 10.1. The quantitative estimate of drug-likeness (QED) is 0.862. The second-order valence-corrected chi connectivity index (χ2v) is 4.33. The van der Waals surface area contributed by atoms with Gasteiger partial charge in [0.2, 0.25) is 0 Å². The summed E-state index contributed by atoms with van der Waals surface area (Å²) in [5.74, 6) is 0.744. The summed E-state index contributed by atoms with van der Waals surface area (Å²) in [5.41, 5.74) is 8.52. The Balaban J connectivity index is 2.62. The summed E-state index contributed by atoms with van der Waals surface area (Å²) in [6.07, 6.45) is 0. The van der Waals surface area contributed by atoms with E-state index in [1.165, 1.54) is 0 Å². The first-order valence-corrected chi connectivity index (χ1v) is 5.36. The van der Waals surface area contributed by atoms with Crippen LogP contribution in [-0.4, -0.2) is 4.98 Å². The summed E-state index contributed by atoms with van der Waals surface area (Å²) in [4.78, 5) is 4.17. The number of nitrogen functional groups attached to an aromatic ring is 1. The van der Waals surface area contributed by atoms with Crippen LogP contribution >= 0.6 is 15.9 Å². The molecule has 78 valence electrons. The number of aryl methyl sites for hydroxylation is 2. The van der Waals surface area contributed by atoms with Crippen LogP contribution in [0, 0.1) is 13.8 Å². The van der Waals surface area contributed by atoms with Crippen molar-refractivity contribution < 1.29 is 4.42 Å². The fourth-order valence-electron chi connectivity index (χ4n) is 1.52. The molecule has 1 heterocycles. The molecule has 0 spiro atoms. The number of oxazole rings is 1. The van der Waals surface area contributed by atoms with Crippen LogP contribution in [0.3, 0.4) is 0 Å². The maximum Gasteiger partial charge on any atom is 0.292 e. The number of benzene rings is 1. The van der Waals surface area contributed by atoms with Crippen molar-refractivity contribution in [3.63, 3.8) is 0 Å². The van der Waals surface area contributed by atoms with E-state index in [9.17, 15) is 0 Å². The van der Waals surface area contributed by atoms with Crippen molar-refractivity contribution in [2.45, 2.75) is 13.8 Å². The molecule has 0 aliphatic heterocycles. The molecule has 0 amide bonds. The van der Waals surface area contributed by atoms with Crippen molar-refractivity contribution in [1.29, 1.82) is 0 Å². The maximum absolute atomic E-state index is 5.52. The van der Waals surface area contributed by atoms with Gasteiger partial charge in [-0.1, -0.05) is 22.0 Å². The molecular formula is C11H11BrN2O. The third-order valence-electron chi connectivity index (χ3n) is 2.27. The van der Waals surface area contributed by atoms with E-state index in [1.807, 2.05) is 32.0 Å². The van der Waals surface area contributed by atoms with Gasteiger partial charge in [0, 0.05) is 10.0 Å². The Morgan fingerprint density at radius 3 is 2.67 bits per heavy atom. The zero-order valence-corrected chi connectivity index (χ0v) is 10.1. The van der Waals surface area contributed by atoms with Crippen LogP contribution < -0.4 is 5.73 Å². The van der Waals surface area contributed by atoms with E-state index in [1.54, 1.807) is 0 Å². The van der Waals surface area contributed by atoms with E-state index in [0.29, 0.717) is 0 Å². The molecule has 2 rings (SSSR count). The molecule has 0 radical (unpaired) electrons. The molecule has 0 unspecified atom stereocenters. The molecule has 0 aliphatic rings. The second-order valence-electron chi connectivity index (χ2n) is 3.42. The summed E-state index contributed by atoms with van der Waals surface area (Å²) in [5, 5.41) is 0. The van der Waals surface area contributed by atoms with Crippen LogP contribution in [0.5, 0.6) is 0 Å². The smallest absolute Gasteiger partial charge is 0.292 e. The second kappa shape index (κ2) is 3.70. The molecule has 1 aromatic heterocycles. The van der Waals surface area contributed by atoms with Gasteiger partial charge in [0.1, 0.15) is 11.5 Å². The van der Waals surface area contributed by atoms with Gasteiger partial charge in [-0.25, -0.2) is 0 Å². The molecule has 2 N–H and O–H groups in total. The number of aromatic nitrogens is 1. The molecule has 0 fully saturated rings. The number of anilines is 1. The van der Waals surface area contributed by atoms with E-state index < -0.39 is 0 Å². The average molecular weight is 267 g/mol. The minimum absolute atomic E-state index is 0.210. The molecule has 0 aliphatic carbocycles. The monoisotopic (exact) mass is 266 g/mol. The van der Waals surface area contributed by atoms with Gasteiger partial charge in [0.05, 0.1) is 0 Å². The fourth-order valence-corrected chi connectivity index (χ4v) is 1.88. The molecule has 4 heteroatoms. The van der Waals surface area contributed by atoms with Crippen molar-refractivity contribution >= 4 is 21.9 Å². The highest BCUT2D eigenvalue weighted by Gasteiger charge is 2.12. The Kier molecular flexibility index (Phi) is 2.52. The first-order valence-electron chi connectivity index (χ1n) is 4.57. The summed E-state index contributed by atoms with van der Waals surface area (Å²) in [6, 6.07) is 6.25. The molecule has 0 atom stereocenters. The number of rotatable bonds is 1. The van der Waals surface area contributed by atoms with Gasteiger partial charge >= 0.3 is 0 Å². The first kappa shape index (κ1) is 10.2. The zero-order valence-electron chi connectivity index (χ0n) is 8.54. The molecule has 2 aromatic rings. The van der Waals surface area contributed by atoms with Gasteiger partial charge in [-0.2, -0.15) is 4.98 Å². The molecule has 1 aromatic carbocycles. The minimum Gasteiger partial charge on any atom is -0.429 e. The number of hydrogen-bond acceptors (Lipinski definition) is 3. The lowest BCUT2D eigenvalue weighted by Gasteiger charge is -2.03. The minimum atomic E-state index is 0.210. The normalized spacial score (nSPS) is 10.6. The summed E-state index contributed by atoms with van der Waals surface area (Å²) in [7, 11) is 0. The van der Waals surface area contributed by atoms with Crippen LogP contribution in [0.4, 0.5) is 6.01 Å². The van der Waals surface area contributed by atoms with Gasteiger partial charge in [-0.05, 0) is 31.5 Å². The van der Waals surface area contributed by atoms with Crippen molar-refractivity contribution in [2.75, 3.05) is 5.73 Å². The largest absolute Gasteiger partial charge is 0.429 e. The van der Waals surface area contributed by atoms with Crippen molar-refractivity contribution in [2.24, 2.45) is 0 Å². The summed E-state index contributed by atoms with van der Waals surface area (Å²) < 4.78 is 6.23. The van der Waals surface area contributed by atoms with Gasteiger partial charge in [0.15, 0.2) is 0 Å². The number of halogens is 1. The molecular weight excluding hydrogens is 256 g/mol. The fraction of sp³-hybridized carbons (Fsp3) is 0.182. The Labute approximate surface area is 96.4 Å². The lowest BCUT2D eigenvalue weighted by Crippen LogP contribution is -1.87.